The first kappa shape index (κ1) is 15.1. The Morgan fingerprint density at radius 1 is 1.10 bits per heavy atom. The number of aromatic hydroxyl groups is 1. The molecule has 5 nitrogen and oxygen atoms in total. The Kier molecular flexibility index (Phi) is 4.28. The summed E-state index contributed by atoms with van der Waals surface area (Å²) < 4.78 is 24.4. The lowest BCUT2D eigenvalue weighted by Gasteiger charge is -2.07. The van der Waals surface area contributed by atoms with Crippen LogP contribution >= 0.6 is 0 Å². The van der Waals surface area contributed by atoms with Gasteiger partial charge in [-0.3, -0.25) is 0 Å². The van der Waals surface area contributed by atoms with E-state index < -0.39 is 10.0 Å². The van der Waals surface area contributed by atoms with E-state index in [9.17, 15) is 8.42 Å². The van der Waals surface area contributed by atoms with Crippen molar-refractivity contribution < 1.29 is 13.5 Å². The molecule has 0 aromatic heterocycles. The van der Waals surface area contributed by atoms with E-state index >= 15 is 0 Å². The second-order valence-electron chi connectivity index (χ2n) is 4.71. The number of sulfonamides is 1. The minimum atomic E-state index is -3.69. The third-order valence-corrected chi connectivity index (χ3v) is 4.28. The minimum Gasteiger partial charge on any atom is -0.508 e. The Labute approximate surface area is 124 Å². The Morgan fingerprint density at radius 3 is 2.43 bits per heavy atom. The van der Waals surface area contributed by atoms with Crippen LogP contribution in [0.5, 0.6) is 5.75 Å². The van der Waals surface area contributed by atoms with Gasteiger partial charge in [-0.25, -0.2) is 4.83 Å². The molecule has 0 saturated heterocycles. The topological polar surface area (TPSA) is 78.8 Å². The van der Waals surface area contributed by atoms with Gasteiger partial charge in [0.05, 0.1) is 11.1 Å². The van der Waals surface area contributed by atoms with E-state index in [-0.39, 0.29) is 10.6 Å². The Hall–Kier alpha value is -2.34. The standard InChI is InChI=1S/C15H16N2O3S/c1-11-3-4-12(2)15(9-11)21(19,20)17-16-10-13-5-7-14(18)8-6-13/h3-10,17-18H,1-2H3. The summed E-state index contributed by atoms with van der Waals surface area (Å²) in [5, 5.41) is 12.9. The second kappa shape index (κ2) is 5.97. The normalized spacial score (nSPS) is 11.7. The molecule has 0 bridgehead atoms. The van der Waals surface area contributed by atoms with Crippen molar-refractivity contribution >= 4 is 16.2 Å². The van der Waals surface area contributed by atoms with Crippen molar-refractivity contribution in [3.63, 3.8) is 0 Å². The number of nitrogens with zero attached hydrogens (tertiary/aromatic N) is 1. The average Bonchev–Trinajstić information content (AvgIpc) is 2.43. The average molecular weight is 304 g/mol. The number of hydrazone groups is 1. The third-order valence-electron chi connectivity index (χ3n) is 2.91. The van der Waals surface area contributed by atoms with Gasteiger partial charge < -0.3 is 5.11 Å². The van der Waals surface area contributed by atoms with E-state index in [2.05, 4.69) is 9.93 Å². The molecule has 0 amide bonds. The molecule has 0 aliphatic carbocycles. The third kappa shape index (κ3) is 3.82. The van der Waals surface area contributed by atoms with Gasteiger partial charge >= 0.3 is 0 Å². The molecule has 21 heavy (non-hydrogen) atoms. The maximum atomic E-state index is 12.2. The highest BCUT2D eigenvalue weighted by Crippen LogP contribution is 2.16. The summed E-state index contributed by atoms with van der Waals surface area (Å²) in [7, 11) is -3.69. The molecule has 2 aromatic carbocycles. The van der Waals surface area contributed by atoms with Crippen LogP contribution < -0.4 is 4.83 Å². The van der Waals surface area contributed by atoms with E-state index in [1.807, 2.05) is 13.0 Å². The molecule has 0 fully saturated rings. The summed E-state index contributed by atoms with van der Waals surface area (Å²) in [6.45, 7) is 3.57. The van der Waals surface area contributed by atoms with Crippen molar-refractivity contribution in [1.29, 1.82) is 0 Å². The predicted molar refractivity (Wildman–Crippen MR) is 81.9 cm³/mol. The number of phenols is 1. The van der Waals surface area contributed by atoms with E-state index in [1.54, 1.807) is 31.2 Å². The fraction of sp³-hybridized carbons (Fsp3) is 0.133. The highest BCUT2D eigenvalue weighted by Gasteiger charge is 2.15. The molecule has 6 heteroatoms. The van der Waals surface area contributed by atoms with E-state index in [0.29, 0.717) is 11.1 Å². The molecule has 0 aliphatic rings. The van der Waals surface area contributed by atoms with Crippen molar-refractivity contribution in [3.8, 4) is 5.75 Å². The smallest absolute Gasteiger partial charge is 0.276 e. The zero-order valence-electron chi connectivity index (χ0n) is 11.7. The van der Waals surface area contributed by atoms with Crippen LogP contribution in [0.1, 0.15) is 16.7 Å². The van der Waals surface area contributed by atoms with Gasteiger partial charge in [0.1, 0.15) is 5.75 Å². The van der Waals surface area contributed by atoms with Crippen molar-refractivity contribution in [2.75, 3.05) is 0 Å². The molecule has 2 rings (SSSR count). The minimum absolute atomic E-state index is 0.142. The van der Waals surface area contributed by atoms with Crippen LogP contribution in [0.25, 0.3) is 0 Å². The van der Waals surface area contributed by atoms with Gasteiger partial charge in [-0.1, -0.05) is 12.1 Å². The number of phenolic OH excluding ortho intramolecular Hbond substituents is 1. The molecule has 0 heterocycles. The largest absolute Gasteiger partial charge is 0.508 e. The fourth-order valence-electron chi connectivity index (χ4n) is 1.78. The molecular formula is C15H16N2O3S. The molecule has 0 unspecified atom stereocenters. The van der Waals surface area contributed by atoms with Gasteiger partial charge in [0, 0.05) is 0 Å². The van der Waals surface area contributed by atoms with E-state index in [0.717, 1.165) is 5.56 Å². The summed E-state index contributed by atoms with van der Waals surface area (Å²) in [6, 6.07) is 11.5. The van der Waals surface area contributed by atoms with Crippen LogP contribution in [0, 0.1) is 13.8 Å². The molecule has 0 atom stereocenters. The van der Waals surface area contributed by atoms with Gasteiger partial charge in [-0.2, -0.15) is 13.5 Å². The molecular weight excluding hydrogens is 288 g/mol. The lowest BCUT2D eigenvalue weighted by Crippen LogP contribution is -2.19. The van der Waals surface area contributed by atoms with E-state index in [4.69, 9.17) is 5.11 Å². The second-order valence-corrected chi connectivity index (χ2v) is 6.34. The van der Waals surface area contributed by atoms with Crippen LogP contribution in [0.3, 0.4) is 0 Å². The number of aryl methyl sites for hydroxylation is 2. The van der Waals surface area contributed by atoms with Crippen molar-refractivity contribution in [3.05, 3.63) is 59.2 Å². The molecule has 0 aliphatic heterocycles. The van der Waals surface area contributed by atoms with Crippen molar-refractivity contribution in [2.45, 2.75) is 18.7 Å². The number of rotatable bonds is 4. The molecule has 0 spiro atoms. The van der Waals surface area contributed by atoms with Crippen LogP contribution in [0.15, 0.2) is 52.5 Å². The maximum Gasteiger partial charge on any atom is 0.276 e. The van der Waals surface area contributed by atoms with Crippen LogP contribution in [-0.2, 0) is 10.0 Å². The first-order valence-corrected chi connectivity index (χ1v) is 7.78. The number of benzene rings is 2. The maximum absolute atomic E-state index is 12.2. The first-order chi connectivity index (χ1) is 9.88. The van der Waals surface area contributed by atoms with Gasteiger partial charge in [-0.05, 0) is 60.9 Å². The highest BCUT2D eigenvalue weighted by atomic mass is 32.2. The molecule has 0 saturated carbocycles. The number of nitrogens with one attached hydrogen (secondary N) is 1. The summed E-state index contributed by atoms with van der Waals surface area (Å²) in [4.78, 5) is 2.40. The molecule has 2 N–H and O–H groups in total. The van der Waals surface area contributed by atoms with Gasteiger partial charge in [0.25, 0.3) is 10.0 Å². The van der Waals surface area contributed by atoms with E-state index in [1.165, 1.54) is 18.3 Å². The Balaban J connectivity index is 2.18. The lowest BCUT2D eigenvalue weighted by atomic mass is 10.2. The van der Waals surface area contributed by atoms with Gasteiger partial charge in [-0.15, -0.1) is 0 Å². The summed E-state index contributed by atoms with van der Waals surface area (Å²) in [5.74, 6) is 0.142. The van der Waals surface area contributed by atoms with Crippen molar-refractivity contribution in [1.82, 2.24) is 4.83 Å². The first-order valence-electron chi connectivity index (χ1n) is 6.30. The quantitative estimate of drug-likeness (QED) is 0.672. The van der Waals surface area contributed by atoms with Crippen LogP contribution in [0.4, 0.5) is 0 Å². The van der Waals surface area contributed by atoms with Gasteiger partial charge in [0.15, 0.2) is 0 Å². The zero-order chi connectivity index (χ0) is 15.5. The van der Waals surface area contributed by atoms with Gasteiger partial charge in [0.2, 0.25) is 0 Å². The fourth-order valence-corrected chi connectivity index (χ4v) is 2.90. The highest BCUT2D eigenvalue weighted by molar-refractivity contribution is 7.89. The molecule has 0 radical (unpaired) electrons. The monoisotopic (exact) mass is 304 g/mol. The lowest BCUT2D eigenvalue weighted by molar-refractivity contribution is 0.475. The summed E-state index contributed by atoms with van der Waals surface area (Å²) in [6.07, 6.45) is 1.38. The number of hydrogen-bond donors (Lipinski definition) is 2. The SMILES string of the molecule is Cc1ccc(C)c(S(=O)(=O)NN=Cc2ccc(O)cc2)c1. The Bertz CT molecular complexity index is 766. The van der Waals surface area contributed by atoms with Crippen LogP contribution in [0.2, 0.25) is 0 Å². The summed E-state index contributed by atoms with van der Waals surface area (Å²) >= 11 is 0. The predicted octanol–water partition coefficient (Wildman–Crippen LogP) is 2.32. The Morgan fingerprint density at radius 2 is 1.76 bits per heavy atom. The zero-order valence-corrected chi connectivity index (χ0v) is 12.6. The van der Waals surface area contributed by atoms with Crippen molar-refractivity contribution in [2.24, 2.45) is 5.10 Å². The van der Waals surface area contributed by atoms with Crippen LogP contribution in [-0.4, -0.2) is 19.7 Å². The summed E-state index contributed by atoms with van der Waals surface area (Å²) in [5.41, 5.74) is 2.20. The molecule has 2 aromatic rings. The molecule has 110 valence electrons. The number of hydrogen-bond acceptors (Lipinski definition) is 4.